The van der Waals surface area contributed by atoms with E-state index in [0.717, 1.165) is 17.9 Å². The van der Waals surface area contributed by atoms with Crippen LogP contribution in [0.2, 0.25) is 0 Å². The molecule has 0 fully saturated rings. The maximum atomic E-state index is 10.6. The van der Waals surface area contributed by atoms with Crippen molar-refractivity contribution in [1.29, 1.82) is 0 Å². The number of hydrogen-bond acceptors (Lipinski definition) is 3. The predicted molar refractivity (Wildman–Crippen MR) is 70.8 cm³/mol. The van der Waals surface area contributed by atoms with E-state index in [0.29, 0.717) is 6.61 Å². The van der Waals surface area contributed by atoms with Gasteiger partial charge in [0, 0.05) is 12.6 Å². The number of carbonyl (C=O) groups is 1. The Balaban J connectivity index is 2.53. The first kappa shape index (κ1) is 14.5. The Morgan fingerprint density at radius 3 is 2.50 bits per heavy atom. The minimum Gasteiger partial charge on any atom is -0.494 e. The first-order valence-electron chi connectivity index (χ1n) is 6.16. The molecule has 1 aromatic carbocycles. The van der Waals surface area contributed by atoms with E-state index in [9.17, 15) is 4.79 Å². The molecule has 0 amide bonds. The molecule has 0 aliphatic rings. The molecule has 100 valence electrons. The molecule has 4 heteroatoms. The number of rotatable bonds is 7. The number of carboxylic acid groups (broad SMARTS) is 1. The Kier molecular flexibility index (Phi) is 5.65. The molecule has 0 aromatic heterocycles. The highest BCUT2D eigenvalue weighted by molar-refractivity contribution is 5.67. The van der Waals surface area contributed by atoms with Crippen LogP contribution in [0.15, 0.2) is 24.3 Å². The van der Waals surface area contributed by atoms with E-state index < -0.39 is 5.97 Å². The van der Waals surface area contributed by atoms with Gasteiger partial charge in [-0.1, -0.05) is 12.1 Å². The Labute approximate surface area is 108 Å². The van der Waals surface area contributed by atoms with Crippen molar-refractivity contribution in [2.45, 2.75) is 32.9 Å². The highest BCUT2D eigenvalue weighted by Crippen LogP contribution is 2.14. The maximum Gasteiger partial charge on any atom is 0.304 e. The molecule has 0 saturated carbocycles. The lowest BCUT2D eigenvalue weighted by atomic mass is 10.1. The average molecular weight is 251 g/mol. The second-order valence-corrected chi connectivity index (χ2v) is 4.44. The molecule has 0 bridgehead atoms. The third-order valence-corrected chi connectivity index (χ3v) is 2.89. The summed E-state index contributed by atoms with van der Waals surface area (Å²) in [6.45, 7) is 5.27. The SMILES string of the molecule is CCOc1ccc(CN(C)C(C)CC(=O)O)cc1. The second-order valence-electron chi connectivity index (χ2n) is 4.44. The van der Waals surface area contributed by atoms with Gasteiger partial charge in [0.1, 0.15) is 5.75 Å². The predicted octanol–water partition coefficient (Wildman–Crippen LogP) is 2.38. The molecule has 0 heterocycles. The van der Waals surface area contributed by atoms with Crippen molar-refractivity contribution < 1.29 is 14.6 Å². The fourth-order valence-corrected chi connectivity index (χ4v) is 1.71. The largest absolute Gasteiger partial charge is 0.494 e. The number of ether oxygens (including phenoxy) is 1. The summed E-state index contributed by atoms with van der Waals surface area (Å²) < 4.78 is 5.37. The Bertz CT molecular complexity index is 375. The van der Waals surface area contributed by atoms with Crippen LogP contribution in [-0.4, -0.2) is 35.7 Å². The monoisotopic (exact) mass is 251 g/mol. The first-order chi connectivity index (χ1) is 8.52. The van der Waals surface area contributed by atoms with Crippen molar-refractivity contribution in [2.75, 3.05) is 13.7 Å². The van der Waals surface area contributed by atoms with Crippen molar-refractivity contribution in [3.63, 3.8) is 0 Å². The van der Waals surface area contributed by atoms with Gasteiger partial charge < -0.3 is 9.84 Å². The van der Waals surface area contributed by atoms with Gasteiger partial charge in [-0.15, -0.1) is 0 Å². The van der Waals surface area contributed by atoms with E-state index in [-0.39, 0.29) is 12.5 Å². The van der Waals surface area contributed by atoms with E-state index in [1.54, 1.807) is 0 Å². The van der Waals surface area contributed by atoms with Crippen LogP contribution in [0.1, 0.15) is 25.8 Å². The zero-order valence-electron chi connectivity index (χ0n) is 11.2. The van der Waals surface area contributed by atoms with Crippen LogP contribution in [0.4, 0.5) is 0 Å². The molecule has 18 heavy (non-hydrogen) atoms. The fourth-order valence-electron chi connectivity index (χ4n) is 1.71. The molecular weight excluding hydrogens is 230 g/mol. The van der Waals surface area contributed by atoms with E-state index in [2.05, 4.69) is 0 Å². The Hall–Kier alpha value is -1.55. The summed E-state index contributed by atoms with van der Waals surface area (Å²) in [5.41, 5.74) is 1.15. The smallest absolute Gasteiger partial charge is 0.304 e. The number of carboxylic acids is 1. The topological polar surface area (TPSA) is 49.8 Å². The van der Waals surface area contributed by atoms with Crippen molar-refractivity contribution in [3.8, 4) is 5.75 Å². The summed E-state index contributed by atoms with van der Waals surface area (Å²) in [6, 6.07) is 7.92. The van der Waals surface area contributed by atoms with E-state index in [1.807, 2.05) is 50.1 Å². The number of hydrogen-bond donors (Lipinski definition) is 1. The second kappa shape index (κ2) is 7.01. The van der Waals surface area contributed by atoms with Gasteiger partial charge in [-0.2, -0.15) is 0 Å². The molecule has 0 radical (unpaired) electrons. The zero-order valence-corrected chi connectivity index (χ0v) is 11.2. The van der Waals surface area contributed by atoms with Crippen molar-refractivity contribution in [2.24, 2.45) is 0 Å². The maximum absolute atomic E-state index is 10.6. The summed E-state index contributed by atoms with van der Waals surface area (Å²) in [5, 5.41) is 8.75. The van der Waals surface area contributed by atoms with Crippen molar-refractivity contribution in [1.82, 2.24) is 4.90 Å². The highest BCUT2D eigenvalue weighted by Gasteiger charge is 2.13. The van der Waals surface area contributed by atoms with Crippen LogP contribution in [0.3, 0.4) is 0 Å². The van der Waals surface area contributed by atoms with Crippen LogP contribution < -0.4 is 4.74 Å². The molecule has 0 spiro atoms. The van der Waals surface area contributed by atoms with Gasteiger partial charge in [0.25, 0.3) is 0 Å². The highest BCUT2D eigenvalue weighted by atomic mass is 16.5. The van der Waals surface area contributed by atoms with Gasteiger partial charge >= 0.3 is 5.97 Å². The summed E-state index contributed by atoms with van der Waals surface area (Å²) in [5.74, 6) is 0.100. The number of benzene rings is 1. The van der Waals surface area contributed by atoms with E-state index in [4.69, 9.17) is 9.84 Å². The van der Waals surface area contributed by atoms with Gasteiger partial charge in [-0.05, 0) is 38.6 Å². The molecule has 1 N–H and O–H groups in total. The van der Waals surface area contributed by atoms with Crippen LogP contribution in [0, 0.1) is 0 Å². The standard InChI is InChI=1S/C14H21NO3/c1-4-18-13-7-5-12(6-8-13)10-15(3)11(2)9-14(16)17/h5-8,11H,4,9-10H2,1-3H3,(H,16,17). The lowest BCUT2D eigenvalue weighted by molar-refractivity contribution is -0.138. The zero-order chi connectivity index (χ0) is 13.5. The van der Waals surface area contributed by atoms with Crippen LogP contribution >= 0.6 is 0 Å². The summed E-state index contributed by atoms with van der Waals surface area (Å²) >= 11 is 0. The van der Waals surface area contributed by atoms with E-state index in [1.165, 1.54) is 0 Å². The molecule has 1 aromatic rings. The van der Waals surface area contributed by atoms with Crippen LogP contribution in [-0.2, 0) is 11.3 Å². The van der Waals surface area contributed by atoms with Crippen LogP contribution in [0.5, 0.6) is 5.75 Å². The number of nitrogens with zero attached hydrogens (tertiary/aromatic N) is 1. The molecule has 1 atom stereocenters. The summed E-state index contributed by atoms with van der Waals surface area (Å²) in [7, 11) is 1.93. The lowest BCUT2D eigenvalue weighted by Crippen LogP contribution is -2.30. The molecular formula is C14H21NO3. The molecule has 0 saturated heterocycles. The van der Waals surface area contributed by atoms with Gasteiger partial charge in [0.15, 0.2) is 0 Å². The molecule has 0 aliphatic carbocycles. The molecule has 1 unspecified atom stereocenters. The minimum absolute atomic E-state index is 0.0223. The first-order valence-corrected chi connectivity index (χ1v) is 6.16. The molecule has 0 aliphatic heterocycles. The summed E-state index contributed by atoms with van der Waals surface area (Å²) in [6.07, 6.45) is 0.160. The minimum atomic E-state index is -0.763. The quantitative estimate of drug-likeness (QED) is 0.808. The Morgan fingerprint density at radius 2 is 2.00 bits per heavy atom. The van der Waals surface area contributed by atoms with Gasteiger partial charge in [-0.3, -0.25) is 9.69 Å². The van der Waals surface area contributed by atoms with Crippen molar-refractivity contribution >= 4 is 5.97 Å². The van der Waals surface area contributed by atoms with Gasteiger partial charge in [-0.25, -0.2) is 0 Å². The van der Waals surface area contributed by atoms with Gasteiger partial charge in [0.05, 0.1) is 13.0 Å². The molecule has 1 rings (SSSR count). The lowest BCUT2D eigenvalue weighted by Gasteiger charge is -2.23. The normalized spacial score (nSPS) is 12.4. The van der Waals surface area contributed by atoms with Crippen molar-refractivity contribution in [3.05, 3.63) is 29.8 Å². The van der Waals surface area contributed by atoms with Gasteiger partial charge in [0.2, 0.25) is 0 Å². The summed E-state index contributed by atoms with van der Waals surface area (Å²) in [4.78, 5) is 12.7. The van der Waals surface area contributed by atoms with Crippen LogP contribution in [0.25, 0.3) is 0 Å². The molecule has 4 nitrogen and oxygen atoms in total. The third-order valence-electron chi connectivity index (χ3n) is 2.89. The fraction of sp³-hybridized carbons (Fsp3) is 0.500. The average Bonchev–Trinajstić information content (AvgIpc) is 2.31. The Morgan fingerprint density at radius 1 is 1.39 bits per heavy atom. The number of aliphatic carboxylic acids is 1. The third kappa shape index (κ3) is 4.75. The van der Waals surface area contributed by atoms with E-state index >= 15 is 0 Å².